The zero-order valence-electron chi connectivity index (χ0n) is 11.7. The van der Waals surface area contributed by atoms with E-state index in [-0.39, 0.29) is 11.4 Å². The van der Waals surface area contributed by atoms with Gasteiger partial charge in [-0.05, 0) is 23.6 Å². The van der Waals surface area contributed by atoms with Crippen LogP contribution in [-0.2, 0) is 23.0 Å². The third kappa shape index (κ3) is 3.78. The van der Waals surface area contributed by atoms with Crippen molar-refractivity contribution in [2.45, 2.75) is 24.8 Å². The maximum absolute atomic E-state index is 12.3. The lowest BCUT2D eigenvalue weighted by molar-refractivity contribution is 0.581. The number of rotatable bonds is 6. The van der Waals surface area contributed by atoms with E-state index in [0.29, 0.717) is 5.82 Å². The van der Waals surface area contributed by atoms with E-state index < -0.39 is 10.0 Å². The van der Waals surface area contributed by atoms with Gasteiger partial charge in [-0.15, -0.1) is 0 Å². The molecule has 0 spiro atoms. The van der Waals surface area contributed by atoms with Crippen LogP contribution in [0.25, 0.3) is 0 Å². The number of hydrogen-bond acceptors (Lipinski definition) is 5. The fourth-order valence-electron chi connectivity index (χ4n) is 1.99. The van der Waals surface area contributed by atoms with Gasteiger partial charge in [0.05, 0.1) is 4.90 Å². The molecule has 0 bridgehead atoms. The predicted molar refractivity (Wildman–Crippen MR) is 81.9 cm³/mol. The van der Waals surface area contributed by atoms with Crippen molar-refractivity contribution in [3.05, 3.63) is 53.7 Å². The van der Waals surface area contributed by atoms with E-state index in [2.05, 4.69) is 15.1 Å². The first-order valence-electron chi connectivity index (χ1n) is 6.56. The van der Waals surface area contributed by atoms with Crippen LogP contribution in [0.3, 0.4) is 0 Å². The molecule has 1 aromatic heterocycles. The maximum Gasteiger partial charge on any atom is 0.241 e. The van der Waals surface area contributed by atoms with Gasteiger partial charge in [0.25, 0.3) is 0 Å². The van der Waals surface area contributed by atoms with Crippen LogP contribution in [0.15, 0.2) is 47.5 Å². The molecule has 2 rings (SSSR count). The van der Waals surface area contributed by atoms with Gasteiger partial charge in [0.1, 0.15) is 5.82 Å². The molecule has 2 aromatic rings. The molecule has 0 saturated heterocycles. The maximum atomic E-state index is 12.3. The summed E-state index contributed by atoms with van der Waals surface area (Å²) in [6.45, 7) is 2.29. The first-order chi connectivity index (χ1) is 10.1. The van der Waals surface area contributed by atoms with Crippen LogP contribution in [0.5, 0.6) is 0 Å². The Bertz CT molecular complexity index is 716. The quantitative estimate of drug-likeness (QED) is 0.554. The molecule has 21 heavy (non-hydrogen) atoms. The fourth-order valence-corrected chi connectivity index (χ4v) is 3.01. The highest BCUT2D eigenvalue weighted by atomic mass is 32.2. The highest BCUT2D eigenvalue weighted by Gasteiger charge is 2.15. The number of nitrogens with zero attached hydrogens (tertiary/aromatic N) is 1. The Morgan fingerprint density at radius 1 is 1.19 bits per heavy atom. The smallest absolute Gasteiger partial charge is 0.241 e. The monoisotopic (exact) mass is 306 g/mol. The summed E-state index contributed by atoms with van der Waals surface area (Å²) in [7, 11) is -3.60. The van der Waals surface area contributed by atoms with Crippen molar-refractivity contribution in [1.29, 1.82) is 0 Å². The molecule has 0 aliphatic rings. The Morgan fingerprint density at radius 2 is 1.90 bits per heavy atom. The molecule has 6 nitrogen and oxygen atoms in total. The number of nitrogens with two attached hydrogens (primary N) is 1. The number of anilines is 1. The predicted octanol–water partition coefficient (Wildman–Crippen LogP) is 1.41. The van der Waals surface area contributed by atoms with Crippen molar-refractivity contribution in [2.24, 2.45) is 5.84 Å². The third-order valence-corrected chi connectivity index (χ3v) is 4.54. The van der Waals surface area contributed by atoms with Crippen LogP contribution in [0, 0.1) is 0 Å². The van der Waals surface area contributed by atoms with Crippen molar-refractivity contribution in [3.63, 3.8) is 0 Å². The van der Waals surface area contributed by atoms with E-state index in [9.17, 15) is 8.42 Å². The van der Waals surface area contributed by atoms with Crippen molar-refractivity contribution < 1.29 is 8.42 Å². The molecule has 0 amide bonds. The number of hydrazine groups is 1. The van der Waals surface area contributed by atoms with E-state index in [1.165, 1.54) is 18.3 Å². The van der Waals surface area contributed by atoms with Gasteiger partial charge in [0.2, 0.25) is 10.0 Å². The van der Waals surface area contributed by atoms with Crippen LogP contribution < -0.4 is 16.0 Å². The molecule has 112 valence electrons. The van der Waals surface area contributed by atoms with Crippen molar-refractivity contribution in [1.82, 2.24) is 9.71 Å². The van der Waals surface area contributed by atoms with Gasteiger partial charge in [0.15, 0.2) is 0 Å². The second-order valence-corrected chi connectivity index (χ2v) is 6.23. The molecule has 0 aliphatic heterocycles. The first kappa shape index (κ1) is 15.4. The molecule has 4 N–H and O–H groups in total. The molecular formula is C14H18N4O2S. The molecule has 0 radical (unpaired) electrons. The SMILES string of the molecule is CCc1ccccc1CNS(=O)(=O)c1ccnc(NN)c1. The van der Waals surface area contributed by atoms with Gasteiger partial charge in [0, 0.05) is 18.8 Å². The molecule has 0 atom stereocenters. The van der Waals surface area contributed by atoms with Crippen molar-refractivity contribution in [3.8, 4) is 0 Å². The number of aryl methyl sites for hydroxylation is 1. The van der Waals surface area contributed by atoms with Crippen molar-refractivity contribution in [2.75, 3.05) is 5.43 Å². The minimum absolute atomic E-state index is 0.124. The second kappa shape index (κ2) is 6.66. The standard InChI is InChI=1S/C14H18N4O2S/c1-2-11-5-3-4-6-12(11)10-17-21(19,20)13-7-8-16-14(9-13)18-15/h3-9,17H,2,10,15H2,1H3,(H,16,18). The molecule has 0 fully saturated rings. The van der Waals surface area contributed by atoms with Gasteiger partial charge in [-0.25, -0.2) is 24.0 Å². The summed E-state index contributed by atoms with van der Waals surface area (Å²) in [6, 6.07) is 10.6. The van der Waals surface area contributed by atoms with Crippen LogP contribution in [0.2, 0.25) is 0 Å². The Kier molecular flexibility index (Phi) is 4.89. The molecule has 0 aliphatic carbocycles. The molecule has 1 heterocycles. The normalized spacial score (nSPS) is 11.3. The van der Waals surface area contributed by atoms with Crippen LogP contribution >= 0.6 is 0 Å². The lowest BCUT2D eigenvalue weighted by atomic mass is 10.1. The van der Waals surface area contributed by atoms with E-state index in [4.69, 9.17) is 5.84 Å². The molecular weight excluding hydrogens is 288 g/mol. The van der Waals surface area contributed by atoms with Crippen molar-refractivity contribution >= 4 is 15.8 Å². The van der Waals surface area contributed by atoms with E-state index in [0.717, 1.165) is 17.5 Å². The number of hydrogen-bond donors (Lipinski definition) is 3. The molecule has 7 heteroatoms. The lowest BCUT2D eigenvalue weighted by Gasteiger charge is -2.10. The summed E-state index contributed by atoms with van der Waals surface area (Å²) in [5.41, 5.74) is 4.42. The number of sulfonamides is 1. The number of benzene rings is 1. The highest BCUT2D eigenvalue weighted by Crippen LogP contribution is 2.14. The van der Waals surface area contributed by atoms with Crippen LogP contribution in [0.1, 0.15) is 18.1 Å². The summed E-state index contributed by atoms with van der Waals surface area (Å²) in [5, 5.41) is 0. The van der Waals surface area contributed by atoms with E-state index >= 15 is 0 Å². The highest BCUT2D eigenvalue weighted by molar-refractivity contribution is 7.89. The Morgan fingerprint density at radius 3 is 2.57 bits per heavy atom. The number of nitrogens with one attached hydrogen (secondary N) is 2. The second-order valence-electron chi connectivity index (χ2n) is 4.47. The Labute approximate surface area is 124 Å². The fraction of sp³-hybridized carbons (Fsp3) is 0.214. The Balaban J connectivity index is 2.18. The van der Waals surface area contributed by atoms with E-state index in [1.54, 1.807) is 0 Å². The van der Waals surface area contributed by atoms with Crippen LogP contribution in [0.4, 0.5) is 5.82 Å². The lowest BCUT2D eigenvalue weighted by Crippen LogP contribution is -2.24. The van der Waals surface area contributed by atoms with Gasteiger partial charge >= 0.3 is 0 Å². The minimum Gasteiger partial charge on any atom is -0.308 e. The largest absolute Gasteiger partial charge is 0.308 e. The number of aromatic nitrogens is 1. The van der Waals surface area contributed by atoms with Gasteiger partial charge in [-0.1, -0.05) is 31.2 Å². The van der Waals surface area contributed by atoms with Gasteiger partial charge in [-0.3, -0.25) is 0 Å². The van der Waals surface area contributed by atoms with E-state index in [1.807, 2.05) is 31.2 Å². The number of nitrogen functional groups attached to an aromatic ring is 1. The third-order valence-electron chi connectivity index (χ3n) is 3.14. The average Bonchev–Trinajstić information content (AvgIpc) is 2.53. The van der Waals surface area contributed by atoms with Gasteiger partial charge in [-0.2, -0.15) is 0 Å². The topological polar surface area (TPSA) is 97.1 Å². The zero-order valence-corrected chi connectivity index (χ0v) is 12.5. The summed E-state index contributed by atoms with van der Waals surface area (Å²) < 4.78 is 27.1. The summed E-state index contributed by atoms with van der Waals surface area (Å²) >= 11 is 0. The first-order valence-corrected chi connectivity index (χ1v) is 8.04. The summed E-state index contributed by atoms with van der Waals surface area (Å²) in [5.74, 6) is 5.54. The molecule has 0 saturated carbocycles. The van der Waals surface area contributed by atoms with Gasteiger partial charge < -0.3 is 5.43 Å². The summed E-state index contributed by atoms with van der Waals surface area (Å²) in [6.07, 6.45) is 2.25. The summed E-state index contributed by atoms with van der Waals surface area (Å²) in [4.78, 5) is 4.01. The molecule has 1 aromatic carbocycles. The zero-order chi connectivity index (χ0) is 15.3. The molecule has 0 unspecified atom stereocenters. The average molecular weight is 306 g/mol. The van der Waals surface area contributed by atoms with Crippen LogP contribution in [-0.4, -0.2) is 13.4 Å². The minimum atomic E-state index is -3.60. The Hall–Kier alpha value is -1.96. The number of pyridine rings is 1.